The van der Waals surface area contributed by atoms with Crippen molar-refractivity contribution in [2.24, 2.45) is 16.6 Å². The number of rotatable bonds is 5. The van der Waals surface area contributed by atoms with E-state index in [-0.39, 0.29) is 23.0 Å². The number of nitrogens with one attached hydrogen (secondary N) is 1. The highest BCUT2D eigenvalue weighted by Gasteiger charge is 2.63. The van der Waals surface area contributed by atoms with Crippen LogP contribution >= 0.6 is 11.6 Å². The smallest absolute Gasteiger partial charge is 0.121 e. The number of nitrogens with two attached hydrogens (primary N) is 1. The molecule has 1 aliphatic rings. The SMILES string of the molecule is C=C(N)CNC1C(C)(C)C(Oc2ccc(C#N)c(Cl)c2)C1(C)C. The number of nitriles is 1. The Labute approximate surface area is 143 Å². The first-order valence-electron chi connectivity index (χ1n) is 7.63. The molecule has 5 heteroatoms. The van der Waals surface area contributed by atoms with E-state index in [2.05, 4.69) is 45.7 Å². The predicted octanol–water partition coefficient (Wildman–Crippen LogP) is 3.46. The molecule has 0 heterocycles. The molecule has 23 heavy (non-hydrogen) atoms. The molecule has 0 unspecified atom stereocenters. The number of ether oxygens (including phenoxy) is 1. The number of benzene rings is 1. The van der Waals surface area contributed by atoms with Gasteiger partial charge in [-0.3, -0.25) is 0 Å². The van der Waals surface area contributed by atoms with E-state index in [4.69, 9.17) is 27.3 Å². The van der Waals surface area contributed by atoms with E-state index in [1.54, 1.807) is 18.2 Å². The summed E-state index contributed by atoms with van der Waals surface area (Å²) in [5.41, 5.74) is 6.61. The van der Waals surface area contributed by atoms with Crippen molar-refractivity contribution < 1.29 is 4.74 Å². The highest BCUT2D eigenvalue weighted by molar-refractivity contribution is 6.31. The summed E-state index contributed by atoms with van der Waals surface area (Å²) in [5.74, 6) is 0.682. The van der Waals surface area contributed by atoms with Crippen molar-refractivity contribution >= 4 is 11.6 Å². The van der Waals surface area contributed by atoms with Gasteiger partial charge < -0.3 is 15.8 Å². The average molecular weight is 334 g/mol. The molecular weight excluding hydrogens is 310 g/mol. The second-order valence-corrected chi connectivity index (χ2v) is 7.77. The van der Waals surface area contributed by atoms with Gasteiger partial charge in [0.2, 0.25) is 0 Å². The number of halogens is 1. The summed E-state index contributed by atoms with van der Waals surface area (Å²) >= 11 is 6.09. The predicted molar refractivity (Wildman–Crippen MR) is 93.3 cm³/mol. The van der Waals surface area contributed by atoms with Crippen molar-refractivity contribution in [3.8, 4) is 11.8 Å². The van der Waals surface area contributed by atoms with Gasteiger partial charge in [0.15, 0.2) is 0 Å². The summed E-state index contributed by atoms with van der Waals surface area (Å²) in [7, 11) is 0. The van der Waals surface area contributed by atoms with Crippen LogP contribution in [-0.4, -0.2) is 18.7 Å². The van der Waals surface area contributed by atoms with Crippen LogP contribution < -0.4 is 15.8 Å². The third-order valence-corrected chi connectivity index (χ3v) is 5.00. The Morgan fingerprint density at radius 2 is 2.00 bits per heavy atom. The van der Waals surface area contributed by atoms with Gasteiger partial charge in [-0.1, -0.05) is 45.9 Å². The van der Waals surface area contributed by atoms with E-state index in [1.165, 1.54) is 0 Å². The zero-order valence-electron chi connectivity index (χ0n) is 14.1. The third-order valence-electron chi connectivity index (χ3n) is 4.69. The maximum atomic E-state index is 8.95. The fourth-order valence-electron chi connectivity index (χ4n) is 3.98. The number of nitrogens with zero attached hydrogens (tertiary/aromatic N) is 1. The van der Waals surface area contributed by atoms with Crippen LogP contribution in [0.25, 0.3) is 0 Å². The fourth-order valence-corrected chi connectivity index (χ4v) is 4.20. The van der Waals surface area contributed by atoms with Gasteiger partial charge in [0, 0.05) is 35.2 Å². The average Bonchev–Trinajstić information content (AvgIpc) is 2.43. The van der Waals surface area contributed by atoms with E-state index in [9.17, 15) is 0 Å². The maximum absolute atomic E-state index is 8.95. The van der Waals surface area contributed by atoms with Crippen molar-refractivity contribution in [1.29, 1.82) is 5.26 Å². The minimum Gasteiger partial charge on any atom is -0.489 e. The number of hydrogen-bond acceptors (Lipinski definition) is 4. The van der Waals surface area contributed by atoms with E-state index in [1.807, 2.05) is 0 Å². The van der Waals surface area contributed by atoms with Crippen LogP contribution in [0.5, 0.6) is 5.75 Å². The Balaban J connectivity index is 2.16. The lowest BCUT2D eigenvalue weighted by molar-refractivity contribution is -0.167. The molecule has 0 aliphatic heterocycles. The van der Waals surface area contributed by atoms with Crippen LogP contribution in [0.2, 0.25) is 5.02 Å². The van der Waals surface area contributed by atoms with Crippen molar-refractivity contribution in [3.05, 3.63) is 41.1 Å². The zero-order valence-corrected chi connectivity index (χ0v) is 14.9. The first-order valence-corrected chi connectivity index (χ1v) is 8.01. The molecule has 0 radical (unpaired) electrons. The van der Waals surface area contributed by atoms with Crippen LogP contribution in [0.15, 0.2) is 30.5 Å². The minimum atomic E-state index is -0.0701. The Morgan fingerprint density at radius 1 is 1.39 bits per heavy atom. The van der Waals surface area contributed by atoms with Gasteiger partial charge >= 0.3 is 0 Å². The Hall–Kier alpha value is -1.70. The summed E-state index contributed by atoms with van der Waals surface area (Å²) in [6.07, 6.45) is 0.0162. The normalized spacial score (nSPS) is 24.3. The van der Waals surface area contributed by atoms with Gasteiger partial charge in [0.25, 0.3) is 0 Å². The number of hydrogen-bond donors (Lipinski definition) is 2. The van der Waals surface area contributed by atoms with Crippen LogP contribution in [-0.2, 0) is 0 Å². The lowest BCUT2D eigenvalue weighted by atomic mass is 9.49. The quantitative estimate of drug-likeness (QED) is 0.865. The summed E-state index contributed by atoms with van der Waals surface area (Å²) in [6.45, 7) is 13.0. The molecule has 1 saturated carbocycles. The lowest BCUT2D eigenvalue weighted by Crippen LogP contribution is -2.74. The third kappa shape index (κ3) is 3.17. The molecule has 0 spiro atoms. The van der Waals surface area contributed by atoms with Crippen LogP contribution in [0.3, 0.4) is 0 Å². The molecular formula is C18H24ClN3O. The van der Waals surface area contributed by atoms with Gasteiger partial charge in [-0.05, 0) is 12.1 Å². The standard InChI is InChI=1S/C18H24ClN3O/c1-11(21)10-22-15-17(2,3)16(18(15,4)5)23-13-7-6-12(9-20)14(19)8-13/h6-8,15-16,22H,1,10,21H2,2-5H3. The second-order valence-electron chi connectivity index (χ2n) is 7.37. The second kappa shape index (κ2) is 6.07. The fraction of sp³-hybridized carbons (Fsp3) is 0.500. The molecule has 0 amide bonds. The molecule has 1 fully saturated rings. The van der Waals surface area contributed by atoms with Crippen molar-refractivity contribution in [1.82, 2.24) is 5.32 Å². The maximum Gasteiger partial charge on any atom is 0.121 e. The summed E-state index contributed by atoms with van der Waals surface area (Å²) < 4.78 is 6.21. The highest BCUT2D eigenvalue weighted by atomic mass is 35.5. The molecule has 1 aromatic carbocycles. The molecule has 0 bridgehead atoms. The molecule has 124 valence electrons. The van der Waals surface area contributed by atoms with E-state index < -0.39 is 0 Å². The van der Waals surface area contributed by atoms with E-state index >= 15 is 0 Å². The molecule has 0 saturated heterocycles. The van der Waals surface area contributed by atoms with Crippen molar-refractivity contribution in [2.75, 3.05) is 6.54 Å². The van der Waals surface area contributed by atoms with E-state index in [0.717, 1.165) is 0 Å². The Kier molecular flexibility index (Phi) is 4.66. The molecule has 1 aliphatic carbocycles. The molecule has 4 nitrogen and oxygen atoms in total. The molecule has 0 aromatic heterocycles. The Morgan fingerprint density at radius 3 is 2.48 bits per heavy atom. The molecule has 3 N–H and O–H groups in total. The van der Waals surface area contributed by atoms with Crippen LogP contribution in [0.1, 0.15) is 33.3 Å². The Bertz CT molecular complexity index is 645. The van der Waals surface area contributed by atoms with Gasteiger partial charge in [-0.2, -0.15) is 5.26 Å². The van der Waals surface area contributed by atoms with Crippen molar-refractivity contribution in [3.63, 3.8) is 0 Å². The summed E-state index contributed by atoms with van der Waals surface area (Å²) in [6, 6.07) is 7.49. The van der Waals surface area contributed by atoms with Crippen molar-refractivity contribution in [2.45, 2.75) is 39.8 Å². The molecule has 0 atom stereocenters. The van der Waals surface area contributed by atoms with Crippen LogP contribution in [0.4, 0.5) is 0 Å². The first kappa shape index (κ1) is 17.7. The van der Waals surface area contributed by atoms with Gasteiger partial charge in [-0.25, -0.2) is 0 Å². The van der Waals surface area contributed by atoms with Gasteiger partial charge in [0.05, 0.1) is 10.6 Å². The zero-order chi connectivity index (χ0) is 17.4. The van der Waals surface area contributed by atoms with Gasteiger partial charge in [0.1, 0.15) is 17.9 Å². The van der Waals surface area contributed by atoms with E-state index in [0.29, 0.717) is 28.6 Å². The minimum absolute atomic E-state index is 0.0162. The summed E-state index contributed by atoms with van der Waals surface area (Å²) in [5, 5.41) is 12.8. The molecule has 1 aromatic rings. The van der Waals surface area contributed by atoms with Crippen LogP contribution in [0, 0.1) is 22.2 Å². The lowest BCUT2D eigenvalue weighted by Gasteiger charge is -2.63. The summed E-state index contributed by atoms with van der Waals surface area (Å²) in [4.78, 5) is 0. The monoisotopic (exact) mass is 333 g/mol. The van der Waals surface area contributed by atoms with Gasteiger partial charge in [-0.15, -0.1) is 0 Å². The molecule has 2 rings (SSSR count). The largest absolute Gasteiger partial charge is 0.489 e. The highest BCUT2D eigenvalue weighted by Crippen LogP contribution is 2.55. The topological polar surface area (TPSA) is 71.1 Å². The first-order chi connectivity index (χ1) is 10.6.